The van der Waals surface area contributed by atoms with Gasteiger partial charge in [0.25, 0.3) is 0 Å². The number of carboxylic acids is 1. The van der Waals surface area contributed by atoms with E-state index in [1.165, 1.54) is 0 Å². The third kappa shape index (κ3) is 2.42. The summed E-state index contributed by atoms with van der Waals surface area (Å²) in [7, 11) is 0. The van der Waals surface area contributed by atoms with E-state index in [9.17, 15) is 22.4 Å². The van der Waals surface area contributed by atoms with E-state index in [0.717, 1.165) is 12.1 Å². The minimum atomic E-state index is -1.64. The third-order valence-corrected chi connectivity index (χ3v) is 2.51. The first-order valence-corrected chi connectivity index (χ1v) is 5.08. The maximum Gasteiger partial charge on any atom is 0.338 e. The van der Waals surface area contributed by atoms with E-state index in [2.05, 4.69) is 0 Å². The summed E-state index contributed by atoms with van der Waals surface area (Å²) in [4.78, 5) is 10.6. The molecule has 0 fully saturated rings. The maximum absolute atomic E-state index is 13.7. The fourth-order valence-electron chi connectivity index (χ4n) is 1.63. The summed E-state index contributed by atoms with van der Waals surface area (Å²) in [6, 6.07) is 3.38. The molecular weight excluding hydrogens is 264 g/mol. The van der Waals surface area contributed by atoms with Gasteiger partial charge in [-0.2, -0.15) is 0 Å². The predicted molar refractivity (Wildman–Crippen MR) is 58.7 cm³/mol. The second-order valence-corrected chi connectivity index (χ2v) is 3.74. The van der Waals surface area contributed by atoms with Crippen LogP contribution in [0, 0.1) is 23.3 Å². The highest BCUT2D eigenvalue weighted by atomic mass is 19.1. The van der Waals surface area contributed by atoms with Crippen molar-refractivity contribution in [1.82, 2.24) is 0 Å². The summed E-state index contributed by atoms with van der Waals surface area (Å²) in [6.07, 6.45) is 0. The van der Waals surface area contributed by atoms with Crippen LogP contribution in [0.25, 0.3) is 11.1 Å². The van der Waals surface area contributed by atoms with Crippen molar-refractivity contribution in [2.75, 3.05) is 0 Å². The van der Waals surface area contributed by atoms with Crippen LogP contribution in [0.1, 0.15) is 10.4 Å². The molecule has 98 valence electrons. The van der Waals surface area contributed by atoms with Crippen molar-refractivity contribution in [3.8, 4) is 11.1 Å². The highest BCUT2D eigenvalue weighted by Gasteiger charge is 2.18. The molecule has 1 N–H and O–H groups in total. The molecule has 0 saturated heterocycles. The third-order valence-electron chi connectivity index (χ3n) is 2.51. The minimum absolute atomic E-state index is 0.352. The zero-order valence-corrected chi connectivity index (χ0v) is 9.25. The van der Waals surface area contributed by atoms with E-state index in [4.69, 9.17) is 5.11 Å². The summed E-state index contributed by atoms with van der Waals surface area (Å²) >= 11 is 0. The van der Waals surface area contributed by atoms with Crippen LogP contribution >= 0.6 is 0 Å². The van der Waals surface area contributed by atoms with Crippen molar-refractivity contribution in [3.05, 3.63) is 59.2 Å². The first-order chi connectivity index (χ1) is 8.90. The molecule has 0 amide bonds. The molecule has 0 atom stereocenters. The Bertz CT molecular complexity index is 668. The standard InChI is InChI=1S/C13H6F4O2/c14-6-1-2-7(10(15)3-6)8-4-12(17)9(13(18)19)5-11(8)16/h1-5H,(H,18,19). The van der Waals surface area contributed by atoms with Crippen molar-refractivity contribution < 1.29 is 27.5 Å². The molecule has 2 rings (SSSR count). The molecule has 0 aliphatic carbocycles. The van der Waals surface area contributed by atoms with E-state index in [1.807, 2.05) is 0 Å². The molecule has 19 heavy (non-hydrogen) atoms. The Hall–Kier alpha value is -2.37. The molecule has 0 bridgehead atoms. The Labute approximate surface area is 104 Å². The van der Waals surface area contributed by atoms with Crippen molar-refractivity contribution in [3.63, 3.8) is 0 Å². The van der Waals surface area contributed by atoms with Gasteiger partial charge in [-0.15, -0.1) is 0 Å². The number of carbonyl (C=O) groups is 1. The molecule has 0 unspecified atom stereocenters. The quantitative estimate of drug-likeness (QED) is 0.846. The number of hydrogen-bond acceptors (Lipinski definition) is 1. The van der Waals surface area contributed by atoms with Gasteiger partial charge in [-0.3, -0.25) is 0 Å². The molecule has 0 spiro atoms. The lowest BCUT2D eigenvalue weighted by molar-refractivity contribution is 0.0691. The van der Waals surface area contributed by atoms with Gasteiger partial charge in [0, 0.05) is 17.2 Å². The van der Waals surface area contributed by atoms with Crippen LogP contribution in [0.15, 0.2) is 30.3 Å². The highest BCUT2D eigenvalue weighted by Crippen LogP contribution is 2.28. The van der Waals surface area contributed by atoms with Gasteiger partial charge >= 0.3 is 5.97 Å². The normalized spacial score (nSPS) is 10.5. The van der Waals surface area contributed by atoms with Crippen molar-refractivity contribution in [2.24, 2.45) is 0 Å². The molecule has 0 radical (unpaired) electrons. The Morgan fingerprint density at radius 2 is 1.47 bits per heavy atom. The zero-order valence-electron chi connectivity index (χ0n) is 9.25. The number of halogens is 4. The van der Waals surface area contributed by atoms with Gasteiger partial charge in [0.1, 0.15) is 23.3 Å². The molecule has 2 aromatic carbocycles. The van der Waals surface area contributed by atoms with Crippen LogP contribution in [0.5, 0.6) is 0 Å². The van der Waals surface area contributed by atoms with Crippen LogP contribution in [-0.4, -0.2) is 11.1 Å². The largest absolute Gasteiger partial charge is 0.478 e. The molecule has 0 aliphatic heterocycles. The van der Waals surface area contributed by atoms with Gasteiger partial charge in [-0.25, -0.2) is 22.4 Å². The number of rotatable bonds is 2. The Morgan fingerprint density at radius 1 is 0.842 bits per heavy atom. The van der Waals surface area contributed by atoms with E-state index >= 15 is 0 Å². The van der Waals surface area contributed by atoms with Crippen LogP contribution in [0.3, 0.4) is 0 Å². The van der Waals surface area contributed by atoms with Crippen LogP contribution < -0.4 is 0 Å². The van der Waals surface area contributed by atoms with Crippen molar-refractivity contribution >= 4 is 5.97 Å². The van der Waals surface area contributed by atoms with Crippen molar-refractivity contribution in [2.45, 2.75) is 0 Å². The van der Waals surface area contributed by atoms with E-state index in [1.54, 1.807) is 0 Å². The predicted octanol–water partition coefficient (Wildman–Crippen LogP) is 3.61. The van der Waals surface area contributed by atoms with Gasteiger partial charge < -0.3 is 5.11 Å². The van der Waals surface area contributed by atoms with Crippen LogP contribution in [0.4, 0.5) is 17.6 Å². The van der Waals surface area contributed by atoms with Gasteiger partial charge in [0.05, 0.1) is 5.56 Å². The zero-order chi connectivity index (χ0) is 14.2. The molecule has 0 aromatic heterocycles. The maximum atomic E-state index is 13.7. The monoisotopic (exact) mass is 270 g/mol. The highest BCUT2D eigenvalue weighted by molar-refractivity contribution is 5.88. The molecular formula is C13H6F4O2. The lowest BCUT2D eigenvalue weighted by Gasteiger charge is -2.07. The second kappa shape index (κ2) is 4.72. The Morgan fingerprint density at radius 3 is 2.05 bits per heavy atom. The van der Waals surface area contributed by atoms with Gasteiger partial charge in [0.15, 0.2) is 0 Å². The molecule has 0 saturated carbocycles. The van der Waals surface area contributed by atoms with E-state index in [0.29, 0.717) is 18.2 Å². The smallest absolute Gasteiger partial charge is 0.338 e. The number of benzene rings is 2. The van der Waals surface area contributed by atoms with Gasteiger partial charge in [-0.1, -0.05) is 0 Å². The Balaban J connectivity index is 2.63. The molecule has 0 aliphatic rings. The molecule has 2 nitrogen and oxygen atoms in total. The summed E-state index contributed by atoms with van der Waals surface area (Å²) in [5.74, 6) is -5.87. The summed E-state index contributed by atoms with van der Waals surface area (Å²) in [5, 5.41) is 8.61. The van der Waals surface area contributed by atoms with Crippen LogP contribution in [0.2, 0.25) is 0 Å². The Kier molecular flexibility index (Phi) is 3.25. The fourth-order valence-corrected chi connectivity index (χ4v) is 1.63. The average Bonchev–Trinajstić information content (AvgIpc) is 2.32. The van der Waals surface area contributed by atoms with E-state index < -0.39 is 40.4 Å². The topological polar surface area (TPSA) is 37.3 Å². The summed E-state index contributed by atoms with van der Waals surface area (Å²) in [6.45, 7) is 0. The van der Waals surface area contributed by atoms with Crippen LogP contribution in [-0.2, 0) is 0 Å². The second-order valence-electron chi connectivity index (χ2n) is 3.74. The summed E-state index contributed by atoms with van der Waals surface area (Å²) in [5.41, 5.74) is -1.68. The fraction of sp³-hybridized carbons (Fsp3) is 0. The summed E-state index contributed by atoms with van der Waals surface area (Å²) < 4.78 is 53.3. The first kappa shape index (κ1) is 13.1. The number of hydrogen-bond donors (Lipinski definition) is 1. The minimum Gasteiger partial charge on any atom is -0.478 e. The molecule has 6 heteroatoms. The number of carboxylic acid groups (broad SMARTS) is 1. The SMILES string of the molecule is O=C(O)c1cc(F)c(-c2ccc(F)cc2F)cc1F. The molecule has 0 heterocycles. The van der Waals surface area contributed by atoms with Gasteiger partial charge in [0.2, 0.25) is 0 Å². The van der Waals surface area contributed by atoms with E-state index in [-0.39, 0.29) is 5.56 Å². The van der Waals surface area contributed by atoms with Crippen molar-refractivity contribution in [1.29, 1.82) is 0 Å². The van der Waals surface area contributed by atoms with Gasteiger partial charge in [-0.05, 0) is 24.3 Å². The lowest BCUT2D eigenvalue weighted by Crippen LogP contribution is -2.03. The first-order valence-electron chi connectivity index (χ1n) is 5.08. The number of aromatic carboxylic acids is 1. The molecule has 2 aromatic rings. The average molecular weight is 270 g/mol. The lowest BCUT2D eigenvalue weighted by atomic mass is 10.0.